The zero-order valence-corrected chi connectivity index (χ0v) is 22.7. The summed E-state index contributed by atoms with van der Waals surface area (Å²) >= 11 is 6.59. The Morgan fingerprint density at radius 1 is 1.00 bits per heavy atom. The van der Waals surface area contributed by atoms with Gasteiger partial charge in [-0.25, -0.2) is 4.98 Å². The molecule has 1 aliphatic rings. The number of anilines is 1. The van der Waals surface area contributed by atoms with Crippen LogP contribution >= 0.6 is 11.6 Å². The van der Waals surface area contributed by atoms with E-state index in [1.807, 2.05) is 30.3 Å². The Labute approximate surface area is 224 Å². The lowest BCUT2D eigenvalue weighted by Crippen LogP contribution is -2.34. The van der Waals surface area contributed by atoms with Crippen LogP contribution in [0.25, 0.3) is 22.4 Å². The van der Waals surface area contributed by atoms with E-state index in [4.69, 9.17) is 16.6 Å². The smallest absolute Gasteiger partial charge is 0.221 e. The molecule has 1 saturated heterocycles. The van der Waals surface area contributed by atoms with E-state index in [2.05, 4.69) is 59.0 Å². The molecule has 1 amide bonds. The molecular formula is C31H35ClN4O. The molecule has 0 spiro atoms. The predicted octanol–water partition coefficient (Wildman–Crippen LogP) is 7.20. The molecule has 1 aromatic heterocycles. The second kappa shape index (κ2) is 11.1. The number of carbonyl (C=O) groups is 1. The van der Waals surface area contributed by atoms with Crippen molar-refractivity contribution in [2.45, 2.75) is 52.5 Å². The molecule has 0 saturated carbocycles. The molecule has 0 aliphatic carbocycles. The van der Waals surface area contributed by atoms with Crippen molar-refractivity contribution in [1.82, 2.24) is 14.5 Å². The van der Waals surface area contributed by atoms with Crippen LogP contribution in [0, 0.1) is 13.8 Å². The van der Waals surface area contributed by atoms with E-state index in [-0.39, 0.29) is 5.91 Å². The van der Waals surface area contributed by atoms with E-state index in [1.54, 1.807) is 6.92 Å². The number of hydrogen-bond donors (Lipinski definition) is 1. The number of benzene rings is 3. The third kappa shape index (κ3) is 5.73. The van der Waals surface area contributed by atoms with E-state index in [1.165, 1.54) is 22.2 Å². The number of fused-ring (bicyclic) bond motifs is 1. The van der Waals surface area contributed by atoms with Crippen LogP contribution in [0.2, 0.25) is 5.02 Å². The quantitative estimate of drug-likeness (QED) is 0.283. The molecule has 1 N–H and O–H groups in total. The van der Waals surface area contributed by atoms with Crippen molar-refractivity contribution in [3.05, 3.63) is 82.4 Å². The number of amides is 1. The SMILES string of the molecule is CC(=O)Nc1cccc(C2CCN(CCCn3c(-c4ccccc4Cl)nc4cc(C)c(C)cc43)CC2)c1. The Bertz CT molecular complexity index is 1420. The van der Waals surface area contributed by atoms with Crippen LogP contribution in [-0.2, 0) is 11.3 Å². The standard InChI is InChI=1S/C31H35ClN4O/c1-21-18-29-30(19-22(21)2)36(31(34-29)27-10-4-5-11-28(27)32)15-7-14-35-16-12-24(13-17-35)25-8-6-9-26(20-25)33-23(3)37/h4-6,8-11,18-20,24H,7,12-17H2,1-3H3,(H,33,37). The summed E-state index contributed by atoms with van der Waals surface area (Å²) in [6.07, 6.45) is 3.33. The lowest BCUT2D eigenvalue weighted by atomic mass is 9.89. The van der Waals surface area contributed by atoms with Crippen LogP contribution in [0.5, 0.6) is 0 Å². The second-order valence-corrected chi connectivity index (χ2v) is 10.7. The molecule has 6 heteroatoms. The van der Waals surface area contributed by atoms with Gasteiger partial charge in [-0.2, -0.15) is 0 Å². The highest BCUT2D eigenvalue weighted by molar-refractivity contribution is 6.33. The largest absolute Gasteiger partial charge is 0.326 e. The van der Waals surface area contributed by atoms with Gasteiger partial charge in [-0.15, -0.1) is 0 Å². The van der Waals surface area contributed by atoms with Gasteiger partial charge in [-0.1, -0.05) is 35.9 Å². The van der Waals surface area contributed by atoms with Crippen molar-refractivity contribution in [3.8, 4) is 11.4 Å². The molecule has 0 atom stereocenters. The van der Waals surface area contributed by atoms with E-state index >= 15 is 0 Å². The fourth-order valence-corrected chi connectivity index (χ4v) is 5.69. The van der Waals surface area contributed by atoms with Crippen LogP contribution in [0.15, 0.2) is 60.7 Å². The highest BCUT2D eigenvalue weighted by Gasteiger charge is 2.21. The summed E-state index contributed by atoms with van der Waals surface area (Å²) in [5.74, 6) is 1.46. The molecule has 37 heavy (non-hydrogen) atoms. The molecule has 4 aromatic rings. The van der Waals surface area contributed by atoms with Crippen LogP contribution in [0.3, 0.4) is 0 Å². The molecule has 5 rings (SSSR count). The van der Waals surface area contributed by atoms with Crippen LogP contribution in [0.4, 0.5) is 5.69 Å². The van der Waals surface area contributed by atoms with Crippen LogP contribution < -0.4 is 5.32 Å². The predicted molar refractivity (Wildman–Crippen MR) is 153 cm³/mol. The fraction of sp³-hybridized carbons (Fsp3) is 0.355. The average molecular weight is 515 g/mol. The van der Waals surface area contributed by atoms with Crippen molar-refractivity contribution < 1.29 is 4.79 Å². The second-order valence-electron chi connectivity index (χ2n) is 10.3. The number of piperidine rings is 1. The first-order chi connectivity index (χ1) is 17.9. The van der Waals surface area contributed by atoms with Crippen molar-refractivity contribution in [2.75, 3.05) is 25.0 Å². The van der Waals surface area contributed by atoms with Gasteiger partial charge in [0.2, 0.25) is 5.91 Å². The Morgan fingerprint density at radius 2 is 1.76 bits per heavy atom. The highest BCUT2D eigenvalue weighted by Crippen LogP contribution is 2.32. The van der Waals surface area contributed by atoms with Gasteiger partial charge in [0.25, 0.3) is 0 Å². The molecule has 0 bridgehead atoms. The average Bonchev–Trinajstić information content (AvgIpc) is 3.21. The zero-order chi connectivity index (χ0) is 25.9. The Kier molecular flexibility index (Phi) is 7.63. The minimum absolute atomic E-state index is 0.0272. The summed E-state index contributed by atoms with van der Waals surface area (Å²) in [6, 6.07) is 20.8. The van der Waals surface area contributed by atoms with Gasteiger partial charge in [-0.05, 0) is 112 Å². The van der Waals surface area contributed by atoms with Gasteiger partial charge in [0.15, 0.2) is 0 Å². The molecule has 2 heterocycles. The number of aromatic nitrogens is 2. The van der Waals surface area contributed by atoms with Gasteiger partial charge in [0.1, 0.15) is 5.82 Å². The van der Waals surface area contributed by atoms with Gasteiger partial charge in [-0.3, -0.25) is 4.79 Å². The number of nitrogens with one attached hydrogen (secondary N) is 1. The van der Waals surface area contributed by atoms with E-state index < -0.39 is 0 Å². The summed E-state index contributed by atoms with van der Waals surface area (Å²) < 4.78 is 2.35. The maximum Gasteiger partial charge on any atom is 0.221 e. The first-order valence-corrected chi connectivity index (χ1v) is 13.6. The number of nitrogens with zero attached hydrogens (tertiary/aromatic N) is 3. The molecule has 192 valence electrons. The van der Waals surface area contributed by atoms with Gasteiger partial charge >= 0.3 is 0 Å². The molecule has 0 radical (unpaired) electrons. The maximum absolute atomic E-state index is 11.4. The third-order valence-electron chi connectivity index (χ3n) is 7.60. The van der Waals surface area contributed by atoms with Crippen LogP contribution in [-0.4, -0.2) is 40.0 Å². The number of likely N-dealkylation sites (tertiary alicyclic amines) is 1. The highest BCUT2D eigenvalue weighted by atomic mass is 35.5. The van der Waals surface area contributed by atoms with Gasteiger partial charge in [0, 0.05) is 24.7 Å². The zero-order valence-electron chi connectivity index (χ0n) is 21.9. The lowest BCUT2D eigenvalue weighted by Gasteiger charge is -2.32. The minimum atomic E-state index is -0.0272. The summed E-state index contributed by atoms with van der Waals surface area (Å²) in [5, 5.41) is 3.64. The third-order valence-corrected chi connectivity index (χ3v) is 7.93. The monoisotopic (exact) mass is 514 g/mol. The Morgan fingerprint density at radius 3 is 2.51 bits per heavy atom. The number of halogens is 1. The lowest BCUT2D eigenvalue weighted by molar-refractivity contribution is -0.114. The fourth-order valence-electron chi connectivity index (χ4n) is 5.47. The topological polar surface area (TPSA) is 50.2 Å². The number of hydrogen-bond acceptors (Lipinski definition) is 3. The first-order valence-electron chi connectivity index (χ1n) is 13.2. The van der Waals surface area contributed by atoms with Crippen molar-refractivity contribution >= 4 is 34.2 Å². The number of imidazole rings is 1. The number of aryl methyl sites for hydroxylation is 3. The first kappa shape index (κ1) is 25.5. The van der Waals surface area contributed by atoms with Gasteiger partial charge in [0.05, 0.1) is 16.1 Å². The summed E-state index contributed by atoms with van der Waals surface area (Å²) in [4.78, 5) is 19.0. The van der Waals surface area contributed by atoms with Crippen LogP contribution in [0.1, 0.15) is 48.8 Å². The summed E-state index contributed by atoms with van der Waals surface area (Å²) in [6.45, 7) is 10.0. The van der Waals surface area contributed by atoms with Gasteiger partial charge < -0.3 is 14.8 Å². The molecule has 0 unspecified atom stereocenters. The van der Waals surface area contributed by atoms with Crippen molar-refractivity contribution in [3.63, 3.8) is 0 Å². The Hall–Kier alpha value is -3.15. The normalized spacial score (nSPS) is 14.8. The summed E-state index contributed by atoms with van der Waals surface area (Å²) in [7, 11) is 0. The number of carbonyl (C=O) groups excluding carboxylic acids is 1. The Balaban J connectivity index is 1.26. The maximum atomic E-state index is 11.4. The minimum Gasteiger partial charge on any atom is -0.326 e. The number of rotatable bonds is 7. The summed E-state index contributed by atoms with van der Waals surface area (Å²) in [5.41, 5.74) is 7.94. The molecule has 3 aromatic carbocycles. The molecular weight excluding hydrogens is 480 g/mol. The molecule has 1 aliphatic heterocycles. The van der Waals surface area contributed by atoms with E-state index in [0.29, 0.717) is 5.92 Å². The molecule has 1 fully saturated rings. The van der Waals surface area contributed by atoms with Crippen molar-refractivity contribution in [2.24, 2.45) is 0 Å². The van der Waals surface area contributed by atoms with E-state index in [9.17, 15) is 4.79 Å². The molecule has 5 nitrogen and oxygen atoms in total. The van der Waals surface area contributed by atoms with E-state index in [0.717, 1.165) is 73.1 Å². The van der Waals surface area contributed by atoms with Crippen molar-refractivity contribution in [1.29, 1.82) is 0 Å².